The third-order valence-corrected chi connectivity index (χ3v) is 2.01. The van der Waals surface area contributed by atoms with Gasteiger partial charge >= 0.3 is 0 Å². The summed E-state index contributed by atoms with van der Waals surface area (Å²) in [5.74, 6) is 0. The van der Waals surface area contributed by atoms with Crippen molar-refractivity contribution in [3.05, 3.63) is 18.2 Å². The summed E-state index contributed by atoms with van der Waals surface area (Å²) in [7, 11) is 0. The van der Waals surface area contributed by atoms with Crippen molar-refractivity contribution in [2.24, 2.45) is 0 Å². The first-order chi connectivity index (χ1) is 6.33. The number of nitrogen functional groups attached to an aromatic ring is 1. The lowest BCUT2D eigenvalue weighted by molar-refractivity contribution is 0.596. The summed E-state index contributed by atoms with van der Waals surface area (Å²) in [5.41, 5.74) is 8.26. The van der Waals surface area contributed by atoms with Crippen molar-refractivity contribution in [1.82, 2.24) is 15.0 Å². The molecule has 2 aromatic rings. The van der Waals surface area contributed by atoms with Crippen LogP contribution in [0.1, 0.15) is 13.3 Å². The monoisotopic (exact) mass is 176 g/mol. The van der Waals surface area contributed by atoms with Crippen LogP contribution in [0.4, 0.5) is 5.69 Å². The number of rotatable bonds is 2. The average Bonchev–Trinajstić information content (AvgIpc) is 2.51. The summed E-state index contributed by atoms with van der Waals surface area (Å²) in [6.45, 7) is 3.00. The van der Waals surface area contributed by atoms with E-state index in [4.69, 9.17) is 5.73 Å². The summed E-state index contributed by atoms with van der Waals surface area (Å²) < 4.78 is 1.88. The van der Waals surface area contributed by atoms with Crippen LogP contribution in [0.2, 0.25) is 0 Å². The fourth-order valence-corrected chi connectivity index (χ4v) is 1.39. The smallest absolute Gasteiger partial charge is 0.136 e. The van der Waals surface area contributed by atoms with Gasteiger partial charge in [0, 0.05) is 6.54 Å². The standard InChI is InChI=1S/C9H12N4/c1-2-6-13-8-5-3-4-7(10)9(8)11-12-13/h3-5H,2,6,10H2,1H3. The molecule has 13 heavy (non-hydrogen) atoms. The molecule has 2 rings (SSSR count). The van der Waals surface area contributed by atoms with E-state index in [0.29, 0.717) is 5.69 Å². The second-order valence-corrected chi connectivity index (χ2v) is 3.03. The Hall–Kier alpha value is -1.58. The van der Waals surface area contributed by atoms with Gasteiger partial charge in [0.15, 0.2) is 0 Å². The highest BCUT2D eigenvalue weighted by atomic mass is 15.4. The Balaban J connectivity index is 2.61. The maximum absolute atomic E-state index is 5.75. The molecule has 1 aromatic carbocycles. The van der Waals surface area contributed by atoms with Crippen LogP contribution in [0, 0.1) is 0 Å². The number of fused-ring (bicyclic) bond motifs is 1. The highest BCUT2D eigenvalue weighted by Crippen LogP contribution is 2.17. The van der Waals surface area contributed by atoms with E-state index in [1.807, 2.05) is 22.9 Å². The highest BCUT2D eigenvalue weighted by molar-refractivity contribution is 5.86. The third-order valence-electron chi connectivity index (χ3n) is 2.01. The minimum atomic E-state index is 0.694. The van der Waals surface area contributed by atoms with E-state index in [-0.39, 0.29) is 0 Å². The molecule has 0 bridgehead atoms. The molecule has 1 aromatic heterocycles. The SMILES string of the molecule is CCCn1nnc2c(N)cccc21. The van der Waals surface area contributed by atoms with Gasteiger partial charge in [-0.15, -0.1) is 5.10 Å². The van der Waals surface area contributed by atoms with Gasteiger partial charge in [0.1, 0.15) is 5.52 Å². The molecule has 0 aliphatic carbocycles. The quantitative estimate of drug-likeness (QED) is 0.704. The molecule has 0 saturated heterocycles. The van der Waals surface area contributed by atoms with Crippen LogP contribution in [-0.2, 0) is 6.54 Å². The van der Waals surface area contributed by atoms with Gasteiger partial charge in [0.05, 0.1) is 11.2 Å². The van der Waals surface area contributed by atoms with Crippen molar-refractivity contribution in [3.8, 4) is 0 Å². The predicted octanol–water partition coefficient (Wildman–Crippen LogP) is 1.42. The van der Waals surface area contributed by atoms with E-state index in [0.717, 1.165) is 24.0 Å². The van der Waals surface area contributed by atoms with Crippen LogP contribution in [0.15, 0.2) is 18.2 Å². The normalized spacial score (nSPS) is 10.8. The van der Waals surface area contributed by atoms with Crippen LogP contribution >= 0.6 is 0 Å². The molecular formula is C9H12N4. The average molecular weight is 176 g/mol. The number of hydrogen-bond donors (Lipinski definition) is 1. The zero-order valence-electron chi connectivity index (χ0n) is 7.57. The molecule has 0 saturated carbocycles. The van der Waals surface area contributed by atoms with Crippen molar-refractivity contribution >= 4 is 16.7 Å². The van der Waals surface area contributed by atoms with Gasteiger partial charge in [-0.05, 0) is 18.6 Å². The van der Waals surface area contributed by atoms with Crippen LogP contribution in [0.5, 0.6) is 0 Å². The van der Waals surface area contributed by atoms with E-state index in [1.54, 1.807) is 0 Å². The zero-order chi connectivity index (χ0) is 9.26. The Labute approximate surface area is 76.3 Å². The maximum Gasteiger partial charge on any atom is 0.136 e. The number of aromatic nitrogens is 3. The molecule has 4 nitrogen and oxygen atoms in total. The van der Waals surface area contributed by atoms with E-state index >= 15 is 0 Å². The number of nitrogens with zero attached hydrogens (tertiary/aromatic N) is 3. The van der Waals surface area contributed by atoms with Crippen LogP contribution in [0.3, 0.4) is 0 Å². The van der Waals surface area contributed by atoms with Crippen molar-refractivity contribution in [1.29, 1.82) is 0 Å². The number of nitrogens with two attached hydrogens (primary N) is 1. The Kier molecular flexibility index (Phi) is 1.88. The largest absolute Gasteiger partial charge is 0.397 e. The molecule has 2 N–H and O–H groups in total. The van der Waals surface area contributed by atoms with Crippen molar-refractivity contribution < 1.29 is 0 Å². The van der Waals surface area contributed by atoms with Crippen LogP contribution in [0.25, 0.3) is 11.0 Å². The van der Waals surface area contributed by atoms with E-state index in [9.17, 15) is 0 Å². The molecule has 1 heterocycles. The molecule has 68 valence electrons. The van der Waals surface area contributed by atoms with Crippen molar-refractivity contribution in [2.75, 3.05) is 5.73 Å². The molecule has 0 aliphatic rings. The maximum atomic E-state index is 5.75. The lowest BCUT2D eigenvalue weighted by atomic mass is 10.2. The summed E-state index contributed by atoms with van der Waals surface area (Å²) in [6.07, 6.45) is 1.05. The van der Waals surface area contributed by atoms with Gasteiger partial charge < -0.3 is 5.73 Å². The zero-order valence-corrected chi connectivity index (χ0v) is 7.57. The fourth-order valence-electron chi connectivity index (χ4n) is 1.39. The molecule has 0 unspecified atom stereocenters. The third kappa shape index (κ3) is 1.24. The molecular weight excluding hydrogens is 164 g/mol. The second-order valence-electron chi connectivity index (χ2n) is 3.03. The number of anilines is 1. The summed E-state index contributed by atoms with van der Waals surface area (Å²) >= 11 is 0. The summed E-state index contributed by atoms with van der Waals surface area (Å²) in [5, 5.41) is 8.06. The molecule has 0 spiro atoms. The predicted molar refractivity (Wildman–Crippen MR) is 52.2 cm³/mol. The lowest BCUT2D eigenvalue weighted by Gasteiger charge is -1.98. The van der Waals surface area contributed by atoms with Crippen LogP contribution < -0.4 is 5.73 Å². The summed E-state index contributed by atoms with van der Waals surface area (Å²) in [6, 6.07) is 5.75. The summed E-state index contributed by atoms with van der Waals surface area (Å²) in [4.78, 5) is 0. The van der Waals surface area contributed by atoms with Gasteiger partial charge in [-0.25, -0.2) is 4.68 Å². The molecule has 0 fully saturated rings. The Morgan fingerprint density at radius 1 is 1.46 bits per heavy atom. The van der Waals surface area contributed by atoms with Crippen LogP contribution in [-0.4, -0.2) is 15.0 Å². The van der Waals surface area contributed by atoms with Gasteiger partial charge in [-0.3, -0.25) is 0 Å². The topological polar surface area (TPSA) is 56.7 Å². The highest BCUT2D eigenvalue weighted by Gasteiger charge is 2.04. The first-order valence-corrected chi connectivity index (χ1v) is 4.40. The number of aryl methyl sites for hydroxylation is 1. The van der Waals surface area contributed by atoms with Crippen molar-refractivity contribution in [2.45, 2.75) is 19.9 Å². The molecule has 4 heteroatoms. The Bertz CT molecular complexity index is 418. The van der Waals surface area contributed by atoms with Gasteiger partial charge in [0.2, 0.25) is 0 Å². The first kappa shape index (κ1) is 8.04. The van der Waals surface area contributed by atoms with Gasteiger partial charge in [-0.2, -0.15) is 0 Å². The first-order valence-electron chi connectivity index (χ1n) is 4.40. The molecule has 0 atom stereocenters. The molecule has 0 radical (unpaired) electrons. The fraction of sp³-hybridized carbons (Fsp3) is 0.333. The Morgan fingerprint density at radius 2 is 2.31 bits per heavy atom. The molecule has 0 amide bonds. The van der Waals surface area contributed by atoms with E-state index < -0.39 is 0 Å². The second kappa shape index (κ2) is 3.05. The number of hydrogen-bond acceptors (Lipinski definition) is 3. The van der Waals surface area contributed by atoms with E-state index in [2.05, 4.69) is 17.2 Å². The minimum absolute atomic E-state index is 0.694. The van der Waals surface area contributed by atoms with E-state index in [1.165, 1.54) is 0 Å². The Morgan fingerprint density at radius 3 is 3.08 bits per heavy atom. The van der Waals surface area contributed by atoms with Gasteiger partial charge in [0.25, 0.3) is 0 Å². The van der Waals surface area contributed by atoms with Gasteiger partial charge in [-0.1, -0.05) is 18.2 Å². The van der Waals surface area contributed by atoms with Crippen molar-refractivity contribution in [3.63, 3.8) is 0 Å². The number of benzene rings is 1. The molecule has 0 aliphatic heterocycles. The minimum Gasteiger partial charge on any atom is -0.397 e. The lowest BCUT2D eigenvalue weighted by Crippen LogP contribution is -1.98.